The number of halogens is 3. The van der Waals surface area contributed by atoms with E-state index in [9.17, 15) is 13.2 Å². The van der Waals surface area contributed by atoms with Crippen LogP contribution in [0.1, 0.15) is 15.9 Å². The molecule has 1 aromatic carbocycles. The monoisotopic (exact) mass is 471 g/mol. The van der Waals surface area contributed by atoms with Gasteiger partial charge in [0.2, 0.25) is 15.7 Å². The second kappa shape index (κ2) is 7.72. The zero-order valence-corrected chi connectivity index (χ0v) is 17.0. The van der Waals surface area contributed by atoms with Gasteiger partial charge in [-0.15, -0.1) is 11.3 Å². The molecule has 2 rings (SSSR count). The van der Waals surface area contributed by atoms with Gasteiger partial charge >= 0.3 is 0 Å². The number of thiophene rings is 1. The molecule has 130 valence electrons. The van der Waals surface area contributed by atoms with Gasteiger partial charge in [0.1, 0.15) is 9.10 Å². The smallest absolute Gasteiger partial charge is 0.250 e. The molecule has 0 spiro atoms. The van der Waals surface area contributed by atoms with Crippen LogP contribution in [0.5, 0.6) is 0 Å². The van der Waals surface area contributed by atoms with E-state index < -0.39 is 15.7 Å². The third-order valence-corrected chi connectivity index (χ3v) is 8.17. The van der Waals surface area contributed by atoms with Crippen molar-refractivity contribution in [3.8, 4) is 0 Å². The maximum atomic E-state index is 13.1. The van der Waals surface area contributed by atoms with E-state index in [-0.39, 0.29) is 24.7 Å². The molecule has 0 saturated heterocycles. The molecule has 24 heavy (non-hydrogen) atoms. The minimum absolute atomic E-state index is 0.0767. The lowest BCUT2D eigenvalue weighted by Crippen LogP contribution is -2.14. The fraction of sp³-hybridized carbons (Fsp3) is 0.214. The highest BCUT2D eigenvalue weighted by Crippen LogP contribution is 2.41. The van der Waals surface area contributed by atoms with Crippen LogP contribution in [0.15, 0.2) is 31.1 Å². The molecular formula is C14H12BrCl2NO4S2. The Kier molecular flexibility index (Phi) is 6.33. The van der Waals surface area contributed by atoms with E-state index in [1.54, 1.807) is 6.07 Å². The normalized spacial score (nSPS) is 11.7. The van der Waals surface area contributed by atoms with Crippen LogP contribution in [0.4, 0.5) is 0 Å². The summed E-state index contributed by atoms with van der Waals surface area (Å²) in [5.74, 6) is -0.833. The standard InChI is InChI=1S/C14H12BrCl2NO4S2/c1-22-5-4-7-6-10(15)23-14(7)24(20,21)12-9(16)3-2-8(11(12)17)13(18)19/h2-3,6H,4-5H2,1H3,(H2,18,19). The molecule has 10 heteroatoms. The quantitative estimate of drug-likeness (QED) is 0.689. The number of methoxy groups -OCH3 is 1. The zero-order chi connectivity index (χ0) is 18.1. The molecule has 0 aliphatic carbocycles. The topological polar surface area (TPSA) is 86.5 Å². The van der Waals surface area contributed by atoms with Crippen molar-refractivity contribution in [3.05, 3.63) is 43.2 Å². The van der Waals surface area contributed by atoms with Gasteiger partial charge in [0, 0.05) is 7.11 Å². The number of carbonyl (C=O) groups is 1. The van der Waals surface area contributed by atoms with Crippen LogP contribution < -0.4 is 5.73 Å². The Balaban J connectivity index is 2.69. The van der Waals surface area contributed by atoms with Gasteiger partial charge in [0.25, 0.3) is 0 Å². The summed E-state index contributed by atoms with van der Waals surface area (Å²) in [7, 11) is -2.51. The maximum absolute atomic E-state index is 13.1. The number of hydrogen-bond acceptors (Lipinski definition) is 5. The summed E-state index contributed by atoms with van der Waals surface area (Å²) in [5, 5.41) is -0.357. The van der Waals surface area contributed by atoms with Gasteiger partial charge < -0.3 is 10.5 Å². The SMILES string of the molecule is COCCc1cc(Br)sc1S(=O)(=O)c1c(Cl)ccc(C(N)=O)c1Cl. The molecule has 1 heterocycles. The van der Waals surface area contributed by atoms with Crippen LogP contribution in [0.3, 0.4) is 0 Å². The lowest BCUT2D eigenvalue weighted by Gasteiger charge is -2.11. The molecule has 1 aromatic heterocycles. The summed E-state index contributed by atoms with van der Waals surface area (Å²) >= 11 is 16.5. The van der Waals surface area contributed by atoms with E-state index in [1.165, 1.54) is 19.2 Å². The molecule has 1 amide bonds. The lowest BCUT2D eigenvalue weighted by atomic mass is 10.2. The first-order valence-electron chi connectivity index (χ1n) is 6.50. The number of amides is 1. The van der Waals surface area contributed by atoms with Crippen molar-refractivity contribution in [2.24, 2.45) is 5.73 Å². The van der Waals surface area contributed by atoms with Crippen molar-refractivity contribution >= 4 is 66.2 Å². The maximum Gasteiger partial charge on any atom is 0.250 e. The predicted octanol–water partition coefficient (Wildman–Crippen LogP) is 3.94. The molecule has 2 N–H and O–H groups in total. The van der Waals surface area contributed by atoms with Gasteiger partial charge in [-0.1, -0.05) is 23.2 Å². The predicted molar refractivity (Wildman–Crippen MR) is 98.0 cm³/mol. The molecule has 0 bridgehead atoms. The minimum Gasteiger partial charge on any atom is -0.384 e. The van der Waals surface area contributed by atoms with Gasteiger partial charge in [-0.2, -0.15) is 0 Å². The number of benzene rings is 1. The first kappa shape index (κ1) is 19.7. The Labute approximate surface area is 161 Å². The van der Waals surface area contributed by atoms with Crippen LogP contribution in [-0.2, 0) is 21.0 Å². The van der Waals surface area contributed by atoms with Crippen LogP contribution in [0.2, 0.25) is 10.0 Å². The van der Waals surface area contributed by atoms with E-state index in [0.29, 0.717) is 22.4 Å². The van der Waals surface area contributed by atoms with E-state index in [4.69, 9.17) is 33.7 Å². The van der Waals surface area contributed by atoms with Crippen molar-refractivity contribution in [3.63, 3.8) is 0 Å². The number of sulfone groups is 1. The molecule has 0 saturated carbocycles. The first-order chi connectivity index (χ1) is 11.2. The van der Waals surface area contributed by atoms with Crippen LogP contribution >= 0.6 is 50.5 Å². The van der Waals surface area contributed by atoms with Gasteiger partial charge in [-0.25, -0.2) is 8.42 Å². The van der Waals surface area contributed by atoms with E-state index in [0.717, 1.165) is 11.3 Å². The number of rotatable bonds is 6. The average Bonchev–Trinajstić information content (AvgIpc) is 2.86. The lowest BCUT2D eigenvalue weighted by molar-refractivity contribution is 0.1000. The summed E-state index contributed by atoms with van der Waals surface area (Å²) in [5.41, 5.74) is 5.70. The van der Waals surface area contributed by atoms with Gasteiger partial charge in [-0.3, -0.25) is 4.79 Å². The minimum atomic E-state index is -4.04. The summed E-state index contributed by atoms with van der Waals surface area (Å²) in [6.45, 7) is 0.356. The Morgan fingerprint density at radius 3 is 2.62 bits per heavy atom. The number of hydrogen-bond donors (Lipinski definition) is 1. The van der Waals surface area contributed by atoms with Crippen LogP contribution in [-0.4, -0.2) is 28.0 Å². The molecule has 2 aromatic rings. The fourth-order valence-electron chi connectivity index (χ4n) is 2.05. The highest BCUT2D eigenvalue weighted by molar-refractivity contribution is 9.11. The van der Waals surface area contributed by atoms with E-state index >= 15 is 0 Å². The molecule has 0 aliphatic rings. The molecule has 0 fully saturated rings. The van der Waals surface area contributed by atoms with Gasteiger partial charge in [-0.05, 0) is 46.1 Å². The summed E-state index contributed by atoms with van der Waals surface area (Å²) in [4.78, 5) is 11.1. The second-order valence-corrected chi connectivity index (χ2v) is 10.0. The van der Waals surface area contributed by atoms with Crippen molar-refractivity contribution in [1.29, 1.82) is 0 Å². The Morgan fingerprint density at radius 1 is 1.38 bits per heavy atom. The second-order valence-electron chi connectivity index (χ2n) is 4.71. The molecule has 5 nitrogen and oxygen atoms in total. The molecule has 0 radical (unpaired) electrons. The first-order valence-corrected chi connectivity index (χ1v) is 10.3. The molecular weight excluding hydrogens is 461 g/mol. The highest BCUT2D eigenvalue weighted by atomic mass is 79.9. The molecule has 0 aliphatic heterocycles. The van der Waals surface area contributed by atoms with Crippen molar-refractivity contribution < 1.29 is 17.9 Å². The largest absolute Gasteiger partial charge is 0.384 e. The number of primary amides is 1. The molecule has 0 atom stereocenters. The Morgan fingerprint density at radius 2 is 2.04 bits per heavy atom. The van der Waals surface area contributed by atoms with Crippen molar-refractivity contribution in [2.45, 2.75) is 15.5 Å². The number of nitrogens with two attached hydrogens (primary N) is 1. The summed E-state index contributed by atoms with van der Waals surface area (Å²) < 4.78 is 31.9. The van der Waals surface area contributed by atoms with Crippen molar-refractivity contribution in [1.82, 2.24) is 0 Å². The number of carbonyl (C=O) groups excluding carboxylic acids is 1. The van der Waals surface area contributed by atoms with Crippen LogP contribution in [0.25, 0.3) is 0 Å². The Bertz CT molecular complexity index is 896. The van der Waals surface area contributed by atoms with Gasteiger partial charge in [0.05, 0.1) is 26.0 Å². The number of ether oxygens (including phenoxy) is 1. The summed E-state index contributed by atoms with van der Waals surface area (Å²) in [6.07, 6.45) is 0.401. The molecule has 0 unspecified atom stereocenters. The third kappa shape index (κ3) is 3.79. The summed E-state index contributed by atoms with van der Waals surface area (Å²) in [6, 6.07) is 4.29. The van der Waals surface area contributed by atoms with Gasteiger partial charge in [0.15, 0.2) is 0 Å². The zero-order valence-electron chi connectivity index (χ0n) is 12.3. The van der Waals surface area contributed by atoms with Crippen LogP contribution in [0, 0.1) is 0 Å². The van der Waals surface area contributed by atoms with E-state index in [1.807, 2.05) is 0 Å². The highest BCUT2D eigenvalue weighted by Gasteiger charge is 2.30. The third-order valence-electron chi connectivity index (χ3n) is 3.14. The average molecular weight is 473 g/mol. The Hall–Kier alpha value is -0.640. The fourth-order valence-corrected chi connectivity index (χ4v) is 7.20. The van der Waals surface area contributed by atoms with E-state index in [2.05, 4.69) is 15.9 Å². The van der Waals surface area contributed by atoms with Crippen molar-refractivity contribution in [2.75, 3.05) is 13.7 Å².